The Labute approximate surface area is 215 Å². The Balaban J connectivity index is 1.23. The van der Waals surface area contributed by atoms with Crippen molar-refractivity contribution in [1.82, 2.24) is 38.6 Å². The standard InChI is InChI=1S/C24H23N11O3/c1-13(34-12-29-20-18(34)22(37)35(11-25-2)24(38)32(20)3)21(36)31-17-4-5-26-19(30-17)16-7-27-23(28-8-16)33-9-14-6-15(14)10-33/h4-5,7-8,12-15H,6,9-11H2,1,3H3,(H,26,30,31,36). The van der Waals surface area contributed by atoms with E-state index in [1.165, 1.54) is 35.1 Å². The number of imidazole rings is 1. The molecule has 1 aliphatic carbocycles. The molecule has 14 heteroatoms. The fourth-order valence-electron chi connectivity index (χ4n) is 4.86. The average Bonchev–Trinajstić information content (AvgIpc) is 3.32. The second-order valence-corrected chi connectivity index (χ2v) is 9.56. The van der Waals surface area contributed by atoms with Gasteiger partial charge < -0.3 is 14.8 Å². The summed E-state index contributed by atoms with van der Waals surface area (Å²) in [5, 5.41) is 2.74. The van der Waals surface area contributed by atoms with Crippen LogP contribution in [0.1, 0.15) is 19.4 Å². The molecule has 6 rings (SSSR count). The summed E-state index contributed by atoms with van der Waals surface area (Å²) >= 11 is 0. The van der Waals surface area contributed by atoms with Gasteiger partial charge in [0.2, 0.25) is 11.9 Å². The highest BCUT2D eigenvalue weighted by Gasteiger charge is 2.45. The first kappa shape index (κ1) is 23.5. The molecule has 5 heterocycles. The molecular formula is C24H23N11O3. The maximum Gasteiger partial charge on any atom is 0.338 e. The van der Waals surface area contributed by atoms with Gasteiger partial charge in [-0.1, -0.05) is 0 Å². The van der Waals surface area contributed by atoms with Crippen molar-refractivity contribution in [3.05, 3.63) is 63.2 Å². The molecule has 1 saturated heterocycles. The molecule has 3 unspecified atom stereocenters. The normalized spacial score (nSPS) is 18.7. The molecule has 3 atom stereocenters. The molecule has 1 N–H and O–H groups in total. The van der Waals surface area contributed by atoms with Crippen LogP contribution in [-0.4, -0.2) is 57.6 Å². The Kier molecular flexibility index (Phi) is 5.48. The first-order valence-electron chi connectivity index (χ1n) is 12.1. The van der Waals surface area contributed by atoms with E-state index in [1.807, 2.05) is 0 Å². The summed E-state index contributed by atoms with van der Waals surface area (Å²) in [5.41, 5.74) is -0.545. The Morgan fingerprint density at radius 2 is 1.92 bits per heavy atom. The molecule has 1 aliphatic heterocycles. The third-order valence-electron chi connectivity index (χ3n) is 7.13. The van der Waals surface area contributed by atoms with E-state index in [0.29, 0.717) is 17.3 Å². The van der Waals surface area contributed by atoms with Crippen molar-refractivity contribution in [2.24, 2.45) is 18.9 Å². The monoisotopic (exact) mass is 513 g/mol. The van der Waals surface area contributed by atoms with Gasteiger partial charge in [0.15, 0.2) is 17.0 Å². The largest absolute Gasteiger partial charge is 0.340 e. The molecule has 0 aromatic carbocycles. The molecule has 2 fully saturated rings. The third kappa shape index (κ3) is 3.88. The molecule has 0 spiro atoms. The summed E-state index contributed by atoms with van der Waals surface area (Å²) < 4.78 is 3.37. The maximum atomic E-state index is 13.1. The summed E-state index contributed by atoms with van der Waals surface area (Å²) in [6.45, 7) is 10.2. The predicted octanol–water partition coefficient (Wildman–Crippen LogP) is 0.676. The number of carbonyl (C=O) groups is 1. The third-order valence-corrected chi connectivity index (χ3v) is 7.13. The molecule has 2 aliphatic rings. The molecule has 1 saturated carbocycles. The van der Waals surface area contributed by atoms with Crippen LogP contribution in [0, 0.1) is 18.4 Å². The SMILES string of the molecule is [C-]#[N+]Cn1c(=O)c2c(ncn2C(C)C(=O)Nc2ccnc(-c3cnc(N4CC5CC5C4)nc3)n2)n(C)c1=O. The molecule has 38 heavy (non-hydrogen) atoms. The van der Waals surface area contributed by atoms with Gasteiger partial charge in [-0.05, 0) is 31.2 Å². The number of anilines is 2. The van der Waals surface area contributed by atoms with Crippen molar-refractivity contribution in [2.75, 3.05) is 23.3 Å². The van der Waals surface area contributed by atoms with E-state index in [1.54, 1.807) is 25.4 Å². The van der Waals surface area contributed by atoms with Gasteiger partial charge in [0.25, 0.3) is 12.2 Å². The summed E-state index contributed by atoms with van der Waals surface area (Å²) in [5.74, 6) is 2.40. The molecular weight excluding hydrogens is 490 g/mol. The van der Waals surface area contributed by atoms with Crippen molar-refractivity contribution in [3.63, 3.8) is 0 Å². The minimum Gasteiger partial charge on any atom is -0.340 e. The zero-order valence-corrected chi connectivity index (χ0v) is 20.6. The zero-order valence-electron chi connectivity index (χ0n) is 20.6. The minimum atomic E-state index is -0.876. The van der Waals surface area contributed by atoms with Crippen LogP contribution < -0.4 is 21.5 Å². The van der Waals surface area contributed by atoms with Crippen LogP contribution in [0.25, 0.3) is 27.4 Å². The van der Waals surface area contributed by atoms with Gasteiger partial charge in [-0.15, -0.1) is 0 Å². The van der Waals surface area contributed by atoms with Crippen LogP contribution in [-0.2, 0) is 18.5 Å². The molecule has 4 aromatic heterocycles. The van der Waals surface area contributed by atoms with Crippen LogP contribution in [0.4, 0.5) is 11.8 Å². The number of aromatic nitrogens is 8. The van der Waals surface area contributed by atoms with Crippen LogP contribution in [0.3, 0.4) is 0 Å². The number of amides is 1. The number of fused-ring (bicyclic) bond motifs is 2. The van der Waals surface area contributed by atoms with E-state index < -0.39 is 29.9 Å². The van der Waals surface area contributed by atoms with Gasteiger partial charge in [0, 0.05) is 38.7 Å². The van der Waals surface area contributed by atoms with Gasteiger partial charge in [-0.25, -0.2) is 36.3 Å². The van der Waals surface area contributed by atoms with Crippen molar-refractivity contribution < 1.29 is 4.79 Å². The van der Waals surface area contributed by atoms with Gasteiger partial charge >= 0.3 is 5.69 Å². The number of nitrogens with zero attached hydrogens (tertiary/aromatic N) is 10. The summed E-state index contributed by atoms with van der Waals surface area (Å²) in [7, 11) is 1.46. The van der Waals surface area contributed by atoms with Crippen molar-refractivity contribution in [3.8, 4) is 11.4 Å². The number of carbonyl (C=O) groups excluding carboxylic acids is 1. The van der Waals surface area contributed by atoms with Gasteiger partial charge in [0.05, 0.1) is 11.9 Å². The second-order valence-electron chi connectivity index (χ2n) is 9.56. The maximum absolute atomic E-state index is 13.1. The van der Waals surface area contributed by atoms with E-state index in [9.17, 15) is 14.4 Å². The summed E-state index contributed by atoms with van der Waals surface area (Å²) in [6, 6.07) is 0.678. The lowest BCUT2D eigenvalue weighted by Crippen LogP contribution is -2.39. The van der Waals surface area contributed by atoms with Gasteiger partial charge in [-0.2, -0.15) is 4.57 Å². The average molecular weight is 514 g/mol. The summed E-state index contributed by atoms with van der Waals surface area (Å²) in [4.78, 5) is 65.7. The van der Waals surface area contributed by atoms with Crippen LogP contribution in [0.2, 0.25) is 0 Å². The van der Waals surface area contributed by atoms with E-state index in [4.69, 9.17) is 6.57 Å². The highest BCUT2D eigenvalue weighted by atomic mass is 16.2. The highest BCUT2D eigenvalue weighted by molar-refractivity contribution is 5.93. The van der Waals surface area contributed by atoms with E-state index >= 15 is 0 Å². The lowest BCUT2D eigenvalue weighted by molar-refractivity contribution is -0.118. The first-order valence-corrected chi connectivity index (χ1v) is 12.1. The van der Waals surface area contributed by atoms with Crippen molar-refractivity contribution in [1.29, 1.82) is 0 Å². The van der Waals surface area contributed by atoms with E-state index in [0.717, 1.165) is 29.5 Å². The zero-order chi connectivity index (χ0) is 26.6. The molecule has 0 radical (unpaired) electrons. The second kappa shape index (κ2) is 8.87. The smallest absolute Gasteiger partial charge is 0.338 e. The highest BCUT2D eigenvalue weighted by Crippen LogP contribution is 2.45. The lowest BCUT2D eigenvalue weighted by atomic mass is 10.3. The number of hydrogen-bond acceptors (Lipinski definition) is 9. The fourth-order valence-corrected chi connectivity index (χ4v) is 4.86. The lowest BCUT2D eigenvalue weighted by Gasteiger charge is -2.17. The van der Waals surface area contributed by atoms with Crippen LogP contribution in [0.5, 0.6) is 0 Å². The molecule has 1 amide bonds. The minimum absolute atomic E-state index is 0.0503. The molecule has 192 valence electrons. The molecule has 4 aromatic rings. The van der Waals surface area contributed by atoms with Crippen molar-refractivity contribution >= 4 is 28.8 Å². The Hall–Kier alpha value is -4.93. The van der Waals surface area contributed by atoms with Crippen LogP contribution >= 0.6 is 0 Å². The number of nitrogens with one attached hydrogen (secondary N) is 1. The summed E-state index contributed by atoms with van der Waals surface area (Å²) in [6.07, 6.45) is 7.50. The molecule has 14 nitrogen and oxygen atoms in total. The number of rotatable bonds is 6. The number of piperidine rings is 1. The Morgan fingerprint density at radius 3 is 2.63 bits per heavy atom. The van der Waals surface area contributed by atoms with Gasteiger partial charge in [0.1, 0.15) is 11.9 Å². The predicted molar refractivity (Wildman–Crippen MR) is 136 cm³/mol. The van der Waals surface area contributed by atoms with Gasteiger partial charge in [-0.3, -0.25) is 19.0 Å². The fraction of sp³-hybridized carbons (Fsp3) is 0.375. The number of hydrogen-bond donors (Lipinski definition) is 1. The topological polar surface area (TPSA) is 150 Å². The van der Waals surface area contributed by atoms with Crippen molar-refractivity contribution in [2.45, 2.75) is 26.1 Å². The van der Waals surface area contributed by atoms with Crippen LogP contribution in [0.15, 0.2) is 40.6 Å². The first-order chi connectivity index (χ1) is 18.4. The Morgan fingerprint density at radius 1 is 1.18 bits per heavy atom. The van der Waals surface area contributed by atoms with E-state index in [-0.39, 0.29) is 17.0 Å². The Bertz CT molecular complexity index is 1720. The molecule has 0 bridgehead atoms. The van der Waals surface area contributed by atoms with E-state index in [2.05, 4.69) is 40.0 Å². The quantitative estimate of drug-likeness (QED) is 0.367. The number of aryl methyl sites for hydroxylation is 1.